The van der Waals surface area contributed by atoms with Crippen molar-refractivity contribution < 1.29 is 9.53 Å². The molecule has 1 aliphatic carbocycles. The highest BCUT2D eigenvalue weighted by Gasteiger charge is 2.29. The van der Waals surface area contributed by atoms with Gasteiger partial charge in [-0.25, -0.2) is 0 Å². The maximum atomic E-state index is 11.7. The Balaban J connectivity index is 1.96. The number of carbonyl (C=O) groups excluding carboxylic acids is 1. The number of anilines is 2. The van der Waals surface area contributed by atoms with Crippen LogP contribution < -0.4 is 10.6 Å². The lowest BCUT2D eigenvalue weighted by molar-refractivity contribution is -0.117. The van der Waals surface area contributed by atoms with Crippen molar-refractivity contribution in [2.75, 3.05) is 17.7 Å². The van der Waals surface area contributed by atoms with Crippen LogP contribution in [0.4, 0.5) is 11.4 Å². The first kappa shape index (κ1) is 13.9. The van der Waals surface area contributed by atoms with E-state index in [1.54, 1.807) is 7.11 Å². The first-order valence-corrected chi connectivity index (χ1v) is 6.80. The summed E-state index contributed by atoms with van der Waals surface area (Å²) in [5.41, 5.74) is 1.84. The lowest BCUT2D eigenvalue weighted by atomic mass is 10.2. The zero-order valence-corrected chi connectivity index (χ0v) is 11.8. The number of hydrogen-bond donors (Lipinski definition) is 2. The van der Waals surface area contributed by atoms with E-state index in [0.29, 0.717) is 0 Å². The number of methoxy groups -OCH3 is 1. The van der Waals surface area contributed by atoms with Gasteiger partial charge in [-0.05, 0) is 44.9 Å². The van der Waals surface area contributed by atoms with Crippen LogP contribution in [0.15, 0.2) is 24.3 Å². The van der Waals surface area contributed by atoms with Crippen LogP contribution >= 0.6 is 0 Å². The number of carbonyl (C=O) groups is 1. The second-order valence-corrected chi connectivity index (χ2v) is 5.22. The maximum absolute atomic E-state index is 11.7. The molecule has 1 fully saturated rings. The Hall–Kier alpha value is -1.55. The van der Waals surface area contributed by atoms with Crippen molar-refractivity contribution in [3.05, 3.63) is 24.3 Å². The number of hydrogen-bond acceptors (Lipinski definition) is 3. The third-order valence-electron chi connectivity index (χ3n) is 3.55. The van der Waals surface area contributed by atoms with Crippen molar-refractivity contribution >= 4 is 17.3 Å². The molecule has 2 atom stereocenters. The predicted octanol–water partition coefficient (Wildman–Crippen LogP) is 2.87. The van der Waals surface area contributed by atoms with E-state index < -0.39 is 0 Å². The van der Waals surface area contributed by atoms with Gasteiger partial charge in [-0.1, -0.05) is 6.07 Å². The smallest absolute Gasteiger partial charge is 0.227 e. The molecule has 0 saturated heterocycles. The molecule has 1 aliphatic rings. The minimum absolute atomic E-state index is 0.129. The van der Waals surface area contributed by atoms with Crippen molar-refractivity contribution in [2.24, 2.45) is 5.92 Å². The summed E-state index contributed by atoms with van der Waals surface area (Å²) in [5.74, 6) is 0.361. The first-order valence-electron chi connectivity index (χ1n) is 6.80. The lowest BCUT2D eigenvalue weighted by Gasteiger charge is -2.21. The quantitative estimate of drug-likeness (QED) is 0.829. The van der Waals surface area contributed by atoms with Gasteiger partial charge in [-0.15, -0.1) is 0 Å². The topological polar surface area (TPSA) is 50.4 Å². The zero-order valence-electron chi connectivity index (χ0n) is 11.8. The van der Waals surface area contributed by atoms with Crippen LogP contribution in [-0.2, 0) is 9.53 Å². The normalized spacial score (nSPS) is 17.6. The van der Waals surface area contributed by atoms with E-state index in [2.05, 4.69) is 17.6 Å². The molecular formula is C15H22N2O2. The van der Waals surface area contributed by atoms with E-state index in [0.717, 1.165) is 24.2 Å². The Morgan fingerprint density at radius 2 is 2.00 bits per heavy atom. The lowest BCUT2D eigenvalue weighted by Crippen LogP contribution is -2.29. The first-order chi connectivity index (χ1) is 9.10. The molecule has 4 heteroatoms. The van der Waals surface area contributed by atoms with E-state index in [-0.39, 0.29) is 24.0 Å². The van der Waals surface area contributed by atoms with Gasteiger partial charge < -0.3 is 15.4 Å². The molecule has 1 amide bonds. The monoisotopic (exact) mass is 262 g/mol. The summed E-state index contributed by atoms with van der Waals surface area (Å²) < 4.78 is 5.29. The second-order valence-electron chi connectivity index (χ2n) is 5.22. The summed E-state index contributed by atoms with van der Waals surface area (Å²) in [6, 6.07) is 8.01. The Bertz CT molecular complexity index is 444. The molecule has 0 bridgehead atoms. The molecule has 2 unspecified atom stereocenters. The molecule has 4 nitrogen and oxygen atoms in total. The molecule has 0 radical (unpaired) electrons. The van der Waals surface area contributed by atoms with Crippen molar-refractivity contribution in [2.45, 2.75) is 38.8 Å². The van der Waals surface area contributed by atoms with Crippen LogP contribution in [0.1, 0.15) is 26.7 Å². The molecule has 1 saturated carbocycles. The third kappa shape index (κ3) is 3.96. The van der Waals surface area contributed by atoms with Gasteiger partial charge in [0, 0.05) is 30.4 Å². The van der Waals surface area contributed by atoms with Gasteiger partial charge in [-0.3, -0.25) is 4.79 Å². The molecule has 1 aromatic rings. The number of amides is 1. The van der Waals surface area contributed by atoms with Gasteiger partial charge in [-0.2, -0.15) is 0 Å². The van der Waals surface area contributed by atoms with Crippen LogP contribution in [0.2, 0.25) is 0 Å². The Kier molecular flexibility index (Phi) is 4.43. The molecular weight excluding hydrogens is 240 g/mol. The summed E-state index contributed by atoms with van der Waals surface area (Å²) in [6.07, 6.45) is 2.17. The Morgan fingerprint density at radius 1 is 1.32 bits per heavy atom. The fourth-order valence-corrected chi connectivity index (χ4v) is 1.86. The molecule has 1 aromatic carbocycles. The van der Waals surface area contributed by atoms with Gasteiger partial charge in [0.05, 0.1) is 6.10 Å². The molecule has 0 aromatic heterocycles. The van der Waals surface area contributed by atoms with Gasteiger partial charge in [0.1, 0.15) is 0 Å². The van der Waals surface area contributed by atoms with Crippen LogP contribution in [0.5, 0.6) is 0 Å². The zero-order chi connectivity index (χ0) is 13.8. The highest BCUT2D eigenvalue weighted by molar-refractivity contribution is 5.94. The Morgan fingerprint density at radius 3 is 2.63 bits per heavy atom. The fraction of sp³-hybridized carbons (Fsp3) is 0.533. The average molecular weight is 262 g/mol. The van der Waals surface area contributed by atoms with Crippen LogP contribution in [-0.4, -0.2) is 25.2 Å². The van der Waals surface area contributed by atoms with Gasteiger partial charge in [0.2, 0.25) is 5.91 Å². The number of ether oxygens (including phenoxy) is 1. The van der Waals surface area contributed by atoms with E-state index in [1.165, 1.54) is 0 Å². The van der Waals surface area contributed by atoms with Crippen molar-refractivity contribution in [1.82, 2.24) is 0 Å². The minimum atomic E-state index is 0.129. The number of benzene rings is 1. The van der Waals surface area contributed by atoms with Crippen LogP contribution in [0.25, 0.3) is 0 Å². The largest absolute Gasteiger partial charge is 0.380 e. The summed E-state index contributed by atoms with van der Waals surface area (Å²) in [6.45, 7) is 4.10. The van der Waals surface area contributed by atoms with Gasteiger partial charge in [0.25, 0.3) is 0 Å². The predicted molar refractivity (Wildman–Crippen MR) is 77.4 cm³/mol. The molecule has 0 heterocycles. The van der Waals surface area contributed by atoms with Crippen LogP contribution in [0.3, 0.4) is 0 Å². The van der Waals surface area contributed by atoms with E-state index in [1.807, 2.05) is 31.2 Å². The third-order valence-corrected chi connectivity index (χ3v) is 3.55. The average Bonchev–Trinajstić information content (AvgIpc) is 3.22. The van der Waals surface area contributed by atoms with Crippen molar-refractivity contribution in [3.8, 4) is 0 Å². The van der Waals surface area contributed by atoms with Crippen molar-refractivity contribution in [1.29, 1.82) is 0 Å². The van der Waals surface area contributed by atoms with Crippen molar-refractivity contribution in [3.63, 3.8) is 0 Å². The molecule has 2 N–H and O–H groups in total. The van der Waals surface area contributed by atoms with Gasteiger partial charge in [0.15, 0.2) is 0 Å². The summed E-state index contributed by atoms with van der Waals surface area (Å²) in [7, 11) is 1.70. The van der Waals surface area contributed by atoms with E-state index >= 15 is 0 Å². The highest BCUT2D eigenvalue weighted by atomic mass is 16.5. The second kappa shape index (κ2) is 6.06. The summed E-state index contributed by atoms with van der Waals surface area (Å²) >= 11 is 0. The number of rotatable bonds is 6. The number of nitrogens with one attached hydrogen (secondary N) is 2. The Labute approximate surface area is 114 Å². The minimum Gasteiger partial charge on any atom is -0.380 e. The summed E-state index contributed by atoms with van der Waals surface area (Å²) in [5, 5.41) is 6.33. The van der Waals surface area contributed by atoms with Crippen LogP contribution in [0, 0.1) is 5.92 Å². The maximum Gasteiger partial charge on any atom is 0.227 e. The molecule has 104 valence electrons. The molecule has 0 aliphatic heterocycles. The van der Waals surface area contributed by atoms with E-state index in [4.69, 9.17) is 4.74 Å². The molecule has 19 heavy (non-hydrogen) atoms. The van der Waals surface area contributed by atoms with E-state index in [9.17, 15) is 4.79 Å². The highest BCUT2D eigenvalue weighted by Crippen LogP contribution is 2.30. The standard InChI is InChI=1S/C15H22N2O2/c1-10(11(2)19-3)16-13-5-4-6-14(9-13)17-15(18)12-7-8-12/h4-6,9-12,16H,7-8H2,1-3H3,(H,17,18). The molecule has 0 spiro atoms. The molecule has 2 rings (SSSR count). The fourth-order valence-electron chi connectivity index (χ4n) is 1.86. The SMILES string of the molecule is COC(C)C(C)Nc1cccc(NC(=O)C2CC2)c1. The van der Waals surface area contributed by atoms with Gasteiger partial charge >= 0.3 is 0 Å². The summed E-state index contributed by atoms with van der Waals surface area (Å²) in [4.78, 5) is 11.7.